The molecule has 4 rings (SSSR count). The summed E-state index contributed by atoms with van der Waals surface area (Å²) in [6, 6.07) is 9.13. The van der Waals surface area contributed by atoms with Gasteiger partial charge in [0.25, 0.3) is 6.85 Å². The maximum atomic E-state index is 14.0. The summed E-state index contributed by atoms with van der Waals surface area (Å²) in [5.74, 6) is 1.48. The Labute approximate surface area is 160 Å². The van der Waals surface area contributed by atoms with Gasteiger partial charge in [-0.1, -0.05) is 12.9 Å². The molecule has 5 nitrogen and oxygen atoms in total. The molecule has 2 fully saturated rings. The first-order valence-electron chi connectivity index (χ1n) is 9.70. The number of halogens is 1. The molecule has 0 aliphatic carbocycles. The van der Waals surface area contributed by atoms with E-state index in [9.17, 15) is 9.50 Å². The summed E-state index contributed by atoms with van der Waals surface area (Å²) in [4.78, 5) is 11.5. The number of benzene rings is 1. The summed E-state index contributed by atoms with van der Waals surface area (Å²) < 4.78 is 14.0. The van der Waals surface area contributed by atoms with E-state index < -0.39 is 0 Å². The zero-order valence-electron chi connectivity index (χ0n) is 16.0. The van der Waals surface area contributed by atoms with E-state index >= 15 is 0 Å². The third-order valence-electron chi connectivity index (χ3n) is 6.04. The lowest BCUT2D eigenvalue weighted by Crippen LogP contribution is -2.55. The highest BCUT2D eigenvalue weighted by Gasteiger charge is 2.39. The molecule has 1 aromatic carbocycles. The van der Waals surface area contributed by atoms with Crippen LogP contribution in [0, 0.1) is 12.7 Å². The van der Waals surface area contributed by atoms with Crippen molar-refractivity contribution in [1.29, 1.82) is 0 Å². The number of hydrogen-bond acceptors (Lipinski definition) is 5. The molecule has 2 aromatic rings. The summed E-state index contributed by atoms with van der Waals surface area (Å²) in [5, 5.41) is 9.40. The second kappa shape index (κ2) is 7.39. The van der Waals surface area contributed by atoms with Gasteiger partial charge in [-0.05, 0) is 43.2 Å². The van der Waals surface area contributed by atoms with Gasteiger partial charge in [-0.25, -0.2) is 9.37 Å². The Morgan fingerprint density at radius 2 is 1.89 bits per heavy atom. The van der Waals surface area contributed by atoms with E-state index in [0.29, 0.717) is 18.4 Å². The molecular weight excluding hydrogens is 342 g/mol. The first kappa shape index (κ1) is 18.1. The predicted octanol–water partition coefficient (Wildman–Crippen LogP) is 2.80. The van der Waals surface area contributed by atoms with E-state index in [2.05, 4.69) is 26.4 Å². The highest BCUT2D eigenvalue weighted by molar-refractivity contribution is 6.64. The van der Waals surface area contributed by atoms with Crippen molar-refractivity contribution in [2.24, 2.45) is 0 Å². The van der Waals surface area contributed by atoms with Gasteiger partial charge in [-0.15, -0.1) is 0 Å². The second-order valence-electron chi connectivity index (χ2n) is 7.62. The fourth-order valence-electron chi connectivity index (χ4n) is 4.38. The molecule has 0 spiro atoms. The van der Waals surface area contributed by atoms with Crippen molar-refractivity contribution >= 4 is 18.4 Å². The van der Waals surface area contributed by atoms with Crippen LogP contribution in [0.5, 0.6) is 5.75 Å². The molecule has 2 saturated heterocycles. The third kappa shape index (κ3) is 3.61. The zero-order chi connectivity index (χ0) is 19.0. The molecule has 0 radical (unpaired) electrons. The third-order valence-corrected chi connectivity index (χ3v) is 6.04. The number of aromatic hydroxyl groups is 1. The van der Waals surface area contributed by atoms with Gasteiger partial charge in [0.05, 0.1) is 6.20 Å². The lowest BCUT2D eigenvalue weighted by molar-refractivity contribution is 0.231. The molecule has 2 aliphatic rings. The summed E-state index contributed by atoms with van der Waals surface area (Å²) in [6.45, 7) is 9.24. The Balaban J connectivity index is 1.39. The predicted molar refractivity (Wildman–Crippen MR) is 108 cm³/mol. The Kier molecular flexibility index (Phi) is 4.95. The first-order chi connectivity index (χ1) is 13.0. The van der Waals surface area contributed by atoms with Gasteiger partial charge in [-0.3, -0.25) is 0 Å². The molecule has 1 N–H and O–H groups in total. The quantitative estimate of drug-likeness (QED) is 0.844. The van der Waals surface area contributed by atoms with Crippen molar-refractivity contribution < 1.29 is 9.50 Å². The molecule has 142 valence electrons. The number of hydrogen-bond donors (Lipinski definition) is 1. The number of aromatic nitrogens is 1. The van der Waals surface area contributed by atoms with E-state index in [1.165, 1.54) is 6.20 Å². The lowest BCUT2D eigenvalue weighted by atomic mass is 9.57. The van der Waals surface area contributed by atoms with Crippen LogP contribution in [-0.4, -0.2) is 60.5 Å². The minimum atomic E-state index is -0.127. The van der Waals surface area contributed by atoms with Gasteiger partial charge >= 0.3 is 0 Å². The molecule has 3 heterocycles. The molecule has 0 bridgehead atoms. The van der Waals surface area contributed by atoms with Crippen LogP contribution >= 0.6 is 0 Å². The van der Waals surface area contributed by atoms with Crippen LogP contribution in [-0.2, 0) is 0 Å². The van der Waals surface area contributed by atoms with Crippen LogP contribution in [0.25, 0.3) is 0 Å². The van der Waals surface area contributed by atoms with Crippen molar-refractivity contribution in [3.8, 4) is 5.75 Å². The van der Waals surface area contributed by atoms with Crippen LogP contribution in [0.1, 0.15) is 12.0 Å². The summed E-state index contributed by atoms with van der Waals surface area (Å²) in [7, 11) is 0. The standard InChI is InChI=1S/C20H26BFN4O/c1-15-3-4-16(13-18(15)22)26-8-7-19(21(26)2)24-9-11-25(12-10-24)20-6-5-17(27)14-23-20/h3-6,13-14,19,27H,7-12H2,1-2H3. The summed E-state index contributed by atoms with van der Waals surface area (Å²) in [6.07, 6.45) is 2.60. The van der Waals surface area contributed by atoms with Crippen LogP contribution in [0.2, 0.25) is 6.82 Å². The highest BCUT2D eigenvalue weighted by atomic mass is 19.1. The van der Waals surface area contributed by atoms with Gasteiger partial charge in [0.2, 0.25) is 0 Å². The number of rotatable bonds is 3. The Morgan fingerprint density at radius 3 is 2.56 bits per heavy atom. The number of anilines is 2. The van der Waals surface area contributed by atoms with E-state index in [0.717, 1.165) is 50.6 Å². The number of nitrogens with zero attached hydrogens (tertiary/aromatic N) is 4. The van der Waals surface area contributed by atoms with Crippen LogP contribution in [0.4, 0.5) is 15.9 Å². The van der Waals surface area contributed by atoms with Crippen molar-refractivity contribution in [3.05, 3.63) is 47.9 Å². The normalized spacial score (nSPS) is 21.1. The maximum absolute atomic E-state index is 14.0. The van der Waals surface area contributed by atoms with Gasteiger partial charge < -0.3 is 19.7 Å². The lowest BCUT2D eigenvalue weighted by Gasteiger charge is -2.39. The number of pyridine rings is 1. The zero-order valence-corrected chi connectivity index (χ0v) is 16.0. The van der Waals surface area contributed by atoms with Crippen molar-refractivity contribution in [2.75, 3.05) is 42.4 Å². The van der Waals surface area contributed by atoms with Gasteiger partial charge in [0.15, 0.2) is 0 Å². The summed E-state index contributed by atoms with van der Waals surface area (Å²) >= 11 is 0. The Morgan fingerprint density at radius 1 is 1.11 bits per heavy atom. The average Bonchev–Trinajstić information content (AvgIpc) is 3.06. The molecule has 2 aliphatic heterocycles. The van der Waals surface area contributed by atoms with Crippen molar-refractivity contribution in [1.82, 2.24) is 9.88 Å². The fourth-order valence-corrected chi connectivity index (χ4v) is 4.38. The van der Waals surface area contributed by atoms with Crippen LogP contribution < -0.4 is 9.71 Å². The number of piperazine rings is 1. The number of aryl methyl sites for hydroxylation is 1. The molecule has 27 heavy (non-hydrogen) atoms. The molecule has 0 amide bonds. The molecule has 7 heteroatoms. The van der Waals surface area contributed by atoms with Crippen molar-refractivity contribution in [3.63, 3.8) is 0 Å². The monoisotopic (exact) mass is 368 g/mol. The van der Waals surface area contributed by atoms with Gasteiger partial charge in [0.1, 0.15) is 17.4 Å². The average molecular weight is 368 g/mol. The Bertz CT molecular complexity index is 795. The van der Waals surface area contributed by atoms with E-state index in [4.69, 9.17) is 0 Å². The van der Waals surface area contributed by atoms with Gasteiger partial charge in [-0.2, -0.15) is 0 Å². The molecule has 0 saturated carbocycles. The Hall–Kier alpha value is -2.28. The fraction of sp³-hybridized carbons (Fsp3) is 0.450. The minimum Gasteiger partial charge on any atom is -0.506 e. The molecular formula is C20H26BFN4O. The van der Waals surface area contributed by atoms with Gasteiger partial charge in [0, 0.05) is 44.4 Å². The first-order valence-corrected chi connectivity index (χ1v) is 9.70. The van der Waals surface area contributed by atoms with Crippen LogP contribution in [0.3, 0.4) is 0 Å². The molecule has 1 atom stereocenters. The molecule has 1 aromatic heterocycles. The highest BCUT2D eigenvalue weighted by Crippen LogP contribution is 2.29. The topological polar surface area (TPSA) is 42.8 Å². The van der Waals surface area contributed by atoms with E-state index in [1.807, 2.05) is 18.2 Å². The largest absolute Gasteiger partial charge is 0.506 e. The van der Waals surface area contributed by atoms with E-state index in [1.54, 1.807) is 19.1 Å². The maximum Gasteiger partial charge on any atom is 0.269 e. The smallest absolute Gasteiger partial charge is 0.269 e. The van der Waals surface area contributed by atoms with E-state index in [-0.39, 0.29) is 11.6 Å². The molecule has 1 unspecified atom stereocenters. The summed E-state index contributed by atoms with van der Waals surface area (Å²) in [5.41, 5.74) is 1.68. The van der Waals surface area contributed by atoms with Crippen molar-refractivity contribution in [2.45, 2.75) is 26.1 Å². The second-order valence-corrected chi connectivity index (χ2v) is 7.62. The van der Waals surface area contributed by atoms with Crippen LogP contribution in [0.15, 0.2) is 36.5 Å². The minimum absolute atomic E-state index is 0.127. The SMILES string of the molecule is CB1C(N2CCN(c3ccc(O)cn3)CC2)CCN1c1ccc(C)c(F)c1.